The highest BCUT2D eigenvalue weighted by atomic mass is 16.4. The second-order valence-corrected chi connectivity index (χ2v) is 3.14. The highest BCUT2D eigenvalue weighted by Crippen LogP contribution is 1.87. The Morgan fingerprint density at radius 3 is 2.33 bits per heavy atom. The van der Waals surface area contributed by atoms with Gasteiger partial charge in [0.2, 0.25) is 5.91 Å². The molecule has 0 spiro atoms. The van der Waals surface area contributed by atoms with Gasteiger partial charge in [-0.15, -0.1) is 0 Å². The molecule has 0 heterocycles. The summed E-state index contributed by atoms with van der Waals surface area (Å²) in [6.45, 7) is 5.32. The summed E-state index contributed by atoms with van der Waals surface area (Å²) >= 11 is 0. The largest absolute Gasteiger partial charge is 0.480 e. The van der Waals surface area contributed by atoms with E-state index in [-0.39, 0.29) is 19.0 Å². The smallest absolute Gasteiger partial charge is 0.321 e. The molecule has 0 aromatic rings. The van der Waals surface area contributed by atoms with Crippen molar-refractivity contribution in [1.82, 2.24) is 10.2 Å². The fourth-order valence-corrected chi connectivity index (χ4v) is 1.11. The van der Waals surface area contributed by atoms with Gasteiger partial charge in [-0.2, -0.15) is 0 Å². The first kappa shape index (κ1) is 13.9. The van der Waals surface area contributed by atoms with E-state index in [0.717, 1.165) is 0 Å². The lowest BCUT2D eigenvalue weighted by atomic mass is 10.3. The maximum absolute atomic E-state index is 11.4. The predicted octanol–water partition coefficient (Wildman–Crippen LogP) is -1.14. The van der Waals surface area contributed by atoms with Crippen molar-refractivity contribution in [3.63, 3.8) is 0 Å². The van der Waals surface area contributed by atoms with E-state index in [4.69, 9.17) is 10.8 Å². The standard InChI is InChI=1S/C9H19N3O3/c1-3-12(4-2)8(13)6-11-5-7(10)9(14)15/h7,11H,3-6,10H2,1-2H3,(H,14,15). The van der Waals surface area contributed by atoms with Gasteiger partial charge in [-0.3, -0.25) is 9.59 Å². The van der Waals surface area contributed by atoms with Crippen LogP contribution in [0.25, 0.3) is 0 Å². The molecule has 0 aliphatic rings. The lowest BCUT2D eigenvalue weighted by molar-refractivity contribution is -0.138. The van der Waals surface area contributed by atoms with E-state index in [1.165, 1.54) is 0 Å². The van der Waals surface area contributed by atoms with E-state index >= 15 is 0 Å². The third-order valence-corrected chi connectivity index (χ3v) is 2.07. The van der Waals surface area contributed by atoms with Crippen molar-refractivity contribution >= 4 is 11.9 Å². The zero-order valence-corrected chi connectivity index (χ0v) is 9.19. The SMILES string of the molecule is CCN(CC)C(=O)CNCC(N)C(=O)O. The highest BCUT2D eigenvalue weighted by Gasteiger charge is 2.13. The molecule has 1 atom stereocenters. The average Bonchev–Trinajstić information content (AvgIpc) is 2.19. The number of likely N-dealkylation sites (N-methyl/N-ethyl adjacent to an activating group) is 1. The van der Waals surface area contributed by atoms with Crippen molar-refractivity contribution in [2.24, 2.45) is 5.73 Å². The van der Waals surface area contributed by atoms with Crippen LogP contribution in [0.1, 0.15) is 13.8 Å². The molecule has 0 rings (SSSR count). The number of hydrogen-bond acceptors (Lipinski definition) is 4. The van der Waals surface area contributed by atoms with Gasteiger partial charge in [0.25, 0.3) is 0 Å². The molecule has 0 aliphatic carbocycles. The molecule has 6 heteroatoms. The van der Waals surface area contributed by atoms with E-state index in [2.05, 4.69) is 5.32 Å². The summed E-state index contributed by atoms with van der Waals surface area (Å²) < 4.78 is 0. The zero-order chi connectivity index (χ0) is 11.8. The topological polar surface area (TPSA) is 95.7 Å². The number of carbonyl (C=O) groups excluding carboxylic acids is 1. The molecule has 0 saturated heterocycles. The monoisotopic (exact) mass is 217 g/mol. The maximum Gasteiger partial charge on any atom is 0.321 e. The lowest BCUT2D eigenvalue weighted by Gasteiger charge is -2.19. The Hall–Kier alpha value is -1.14. The summed E-state index contributed by atoms with van der Waals surface area (Å²) in [5.41, 5.74) is 5.26. The molecule has 1 unspecified atom stereocenters. The minimum absolute atomic E-state index is 0.0439. The zero-order valence-electron chi connectivity index (χ0n) is 9.19. The fourth-order valence-electron chi connectivity index (χ4n) is 1.11. The number of nitrogens with one attached hydrogen (secondary N) is 1. The number of aliphatic carboxylic acids is 1. The van der Waals surface area contributed by atoms with E-state index in [9.17, 15) is 9.59 Å². The van der Waals surface area contributed by atoms with E-state index < -0.39 is 12.0 Å². The number of amides is 1. The minimum Gasteiger partial charge on any atom is -0.480 e. The molecular formula is C9H19N3O3. The number of carbonyl (C=O) groups is 2. The Labute approximate surface area is 89.4 Å². The fraction of sp³-hybridized carbons (Fsp3) is 0.778. The second kappa shape index (κ2) is 7.19. The van der Waals surface area contributed by atoms with Gasteiger partial charge in [-0.1, -0.05) is 0 Å². The van der Waals surface area contributed by atoms with Crippen LogP contribution < -0.4 is 11.1 Å². The molecule has 6 nitrogen and oxygen atoms in total. The number of nitrogens with zero attached hydrogens (tertiary/aromatic N) is 1. The van der Waals surface area contributed by atoms with Crippen molar-refractivity contribution in [3.05, 3.63) is 0 Å². The molecule has 4 N–H and O–H groups in total. The van der Waals surface area contributed by atoms with Crippen molar-refractivity contribution in [2.75, 3.05) is 26.2 Å². The molecule has 1 amide bonds. The van der Waals surface area contributed by atoms with E-state index in [1.807, 2.05) is 13.8 Å². The Balaban J connectivity index is 3.76. The van der Waals surface area contributed by atoms with Crippen molar-refractivity contribution in [2.45, 2.75) is 19.9 Å². The van der Waals surface area contributed by atoms with Crippen LogP contribution in [0.5, 0.6) is 0 Å². The van der Waals surface area contributed by atoms with Crippen LogP contribution in [0, 0.1) is 0 Å². The molecule has 0 aromatic heterocycles. The molecule has 0 bridgehead atoms. The summed E-state index contributed by atoms with van der Waals surface area (Å²) in [6.07, 6.45) is 0. The third-order valence-electron chi connectivity index (χ3n) is 2.07. The number of hydrogen-bond donors (Lipinski definition) is 3. The van der Waals surface area contributed by atoms with Gasteiger partial charge in [0.05, 0.1) is 6.54 Å². The Kier molecular flexibility index (Phi) is 6.64. The van der Waals surface area contributed by atoms with Crippen LogP contribution in [0.3, 0.4) is 0 Å². The van der Waals surface area contributed by atoms with Gasteiger partial charge in [-0.25, -0.2) is 0 Å². The Bertz CT molecular complexity index is 217. The summed E-state index contributed by atoms with van der Waals surface area (Å²) in [6, 6.07) is -0.963. The van der Waals surface area contributed by atoms with Gasteiger partial charge in [-0.05, 0) is 13.8 Å². The van der Waals surface area contributed by atoms with Crippen LogP contribution in [-0.4, -0.2) is 54.1 Å². The number of nitrogens with two attached hydrogens (primary N) is 1. The van der Waals surface area contributed by atoms with Crippen LogP contribution in [0.4, 0.5) is 0 Å². The quantitative estimate of drug-likeness (QED) is 0.501. The van der Waals surface area contributed by atoms with Crippen molar-refractivity contribution < 1.29 is 14.7 Å². The van der Waals surface area contributed by atoms with Gasteiger partial charge >= 0.3 is 5.97 Å². The number of rotatable bonds is 7. The molecule has 88 valence electrons. The van der Waals surface area contributed by atoms with E-state index in [1.54, 1.807) is 4.90 Å². The summed E-state index contributed by atoms with van der Waals surface area (Å²) in [5.74, 6) is -1.12. The molecular weight excluding hydrogens is 198 g/mol. The van der Waals surface area contributed by atoms with Gasteiger partial charge in [0, 0.05) is 19.6 Å². The average molecular weight is 217 g/mol. The lowest BCUT2D eigenvalue weighted by Crippen LogP contribution is -2.44. The second-order valence-electron chi connectivity index (χ2n) is 3.14. The van der Waals surface area contributed by atoms with E-state index in [0.29, 0.717) is 13.1 Å². The van der Waals surface area contributed by atoms with Crippen LogP contribution in [0.15, 0.2) is 0 Å². The normalized spacial score (nSPS) is 12.2. The summed E-state index contributed by atoms with van der Waals surface area (Å²) in [5, 5.41) is 11.2. The van der Waals surface area contributed by atoms with Crippen LogP contribution in [0.2, 0.25) is 0 Å². The highest BCUT2D eigenvalue weighted by molar-refractivity contribution is 5.78. The Morgan fingerprint density at radius 1 is 1.40 bits per heavy atom. The van der Waals surface area contributed by atoms with Crippen LogP contribution in [-0.2, 0) is 9.59 Å². The number of carboxylic acids is 1. The predicted molar refractivity (Wildman–Crippen MR) is 56.4 cm³/mol. The molecule has 0 saturated carbocycles. The van der Waals surface area contributed by atoms with Gasteiger partial charge in [0.1, 0.15) is 6.04 Å². The molecule has 0 aliphatic heterocycles. The van der Waals surface area contributed by atoms with Gasteiger partial charge < -0.3 is 21.1 Å². The minimum atomic E-state index is -1.07. The molecule has 0 fully saturated rings. The summed E-state index contributed by atoms with van der Waals surface area (Å²) in [7, 11) is 0. The van der Waals surface area contributed by atoms with Crippen molar-refractivity contribution in [1.29, 1.82) is 0 Å². The maximum atomic E-state index is 11.4. The van der Waals surface area contributed by atoms with Gasteiger partial charge in [0.15, 0.2) is 0 Å². The number of carboxylic acid groups (broad SMARTS) is 1. The molecule has 0 radical (unpaired) electrons. The first-order chi connectivity index (χ1) is 7.02. The molecule has 0 aromatic carbocycles. The Morgan fingerprint density at radius 2 is 1.93 bits per heavy atom. The summed E-state index contributed by atoms with van der Waals surface area (Å²) in [4.78, 5) is 23.5. The molecule has 15 heavy (non-hydrogen) atoms. The first-order valence-corrected chi connectivity index (χ1v) is 4.99. The van der Waals surface area contributed by atoms with Crippen LogP contribution >= 0.6 is 0 Å². The van der Waals surface area contributed by atoms with Crippen molar-refractivity contribution in [3.8, 4) is 0 Å². The first-order valence-electron chi connectivity index (χ1n) is 4.99. The third kappa shape index (κ3) is 5.34.